The monoisotopic (exact) mass is 428 g/mol. The second-order valence-corrected chi connectivity index (χ2v) is 9.19. The third-order valence-corrected chi connectivity index (χ3v) is 6.15. The minimum Gasteiger partial charge on any atom is -0.462 e. The van der Waals surface area contributed by atoms with Gasteiger partial charge in [-0.1, -0.05) is 63.0 Å². The predicted octanol–water partition coefficient (Wildman–Crippen LogP) is 5.84. The topological polar surface area (TPSA) is 55.8 Å². The van der Waals surface area contributed by atoms with Gasteiger partial charge in [-0.15, -0.1) is 0 Å². The lowest BCUT2D eigenvalue weighted by molar-refractivity contribution is -0.154. The van der Waals surface area contributed by atoms with Crippen molar-refractivity contribution >= 4 is 5.97 Å². The number of aliphatic hydroxyl groups is 1. The fourth-order valence-electron chi connectivity index (χ4n) is 4.26. The van der Waals surface area contributed by atoms with Gasteiger partial charge in [0.25, 0.3) is 0 Å². The van der Waals surface area contributed by atoms with Crippen molar-refractivity contribution in [2.75, 3.05) is 0 Å². The van der Waals surface area contributed by atoms with E-state index < -0.39 is 6.10 Å². The van der Waals surface area contributed by atoms with Gasteiger partial charge in [-0.2, -0.15) is 0 Å². The maximum absolute atomic E-state index is 12.8. The Morgan fingerprint density at radius 3 is 2.65 bits per heavy atom. The highest BCUT2D eigenvalue weighted by atomic mass is 16.5. The zero-order valence-corrected chi connectivity index (χ0v) is 19.7. The number of carbonyl (C=O) groups excluding carboxylic acids is 1. The molecule has 0 aromatic carbocycles. The number of fused-ring (bicyclic) bond motifs is 2. The minimum atomic E-state index is -0.597. The molecule has 31 heavy (non-hydrogen) atoms. The summed E-state index contributed by atoms with van der Waals surface area (Å²) in [7, 11) is 0. The number of hydrogen-bond acceptors (Lipinski definition) is 4. The van der Waals surface area contributed by atoms with Crippen LogP contribution in [-0.2, 0) is 14.3 Å². The molecule has 0 aliphatic carbocycles. The van der Waals surface area contributed by atoms with Crippen molar-refractivity contribution in [3.8, 4) is 0 Å². The normalized spacial score (nSPS) is 37.1. The first-order chi connectivity index (χ1) is 14.7. The standard InChI is InChI=1S/C27H40O4/c1-7-8-9-24-12-13-26-21(5)17-25(30-26)11-10-23(28)16-20(4)19(3)14-18(2)15-22(6)27(29)31-24/h7-8,10-11,14,18,22-26,28H,4-5,9,12-13,15-17H2,1-3,6H3/b8-7+,11-10+,19-14+/t18-,22+,23+,24+,25-,26+/m0/s1. The molecule has 0 aromatic rings. The summed E-state index contributed by atoms with van der Waals surface area (Å²) >= 11 is 0. The number of rotatable bonds is 2. The van der Waals surface area contributed by atoms with Crippen molar-refractivity contribution in [3.63, 3.8) is 0 Å². The van der Waals surface area contributed by atoms with E-state index in [2.05, 4.69) is 26.2 Å². The van der Waals surface area contributed by atoms with Gasteiger partial charge in [-0.25, -0.2) is 0 Å². The van der Waals surface area contributed by atoms with Crippen LogP contribution in [0.2, 0.25) is 0 Å². The summed E-state index contributed by atoms with van der Waals surface area (Å²) in [4.78, 5) is 12.8. The first-order valence-electron chi connectivity index (χ1n) is 11.6. The van der Waals surface area contributed by atoms with Gasteiger partial charge in [-0.05, 0) is 50.2 Å². The van der Waals surface area contributed by atoms with E-state index in [9.17, 15) is 9.90 Å². The van der Waals surface area contributed by atoms with Crippen LogP contribution in [0.15, 0.2) is 60.3 Å². The van der Waals surface area contributed by atoms with E-state index in [1.54, 1.807) is 0 Å². The van der Waals surface area contributed by atoms with Crippen molar-refractivity contribution in [3.05, 3.63) is 60.3 Å². The molecule has 6 atom stereocenters. The number of carbonyl (C=O) groups is 1. The van der Waals surface area contributed by atoms with Gasteiger partial charge in [0.05, 0.1) is 24.2 Å². The number of hydrogen-bond donors (Lipinski definition) is 1. The quantitative estimate of drug-likeness (QED) is 0.443. The fourth-order valence-corrected chi connectivity index (χ4v) is 4.26. The van der Waals surface area contributed by atoms with Gasteiger partial charge < -0.3 is 14.6 Å². The zero-order valence-electron chi connectivity index (χ0n) is 19.7. The first-order valence-corrected chi connectivity index (χ1v) is 11.6. The summed E-state index contributed by atoms with van der Waals surface area (Å²) in [6, 6.07) is 0. The average Bonchev–Trinajstić information content (AvgIpc) is 3.06. The Morgan fingerprint density at radius 1 is 1.19 bits per heavy atom. The van der Waals surface area contributed by atoms with Crippen molar-refractivity contribution in [1.82, 2.24) is 0 Å². The van der Waals surface area contributed by atoms with Crippen LogP contribution in [0.25, 0.3) is 0 Å². The lowest BCUT2D eigenvalue weighted by Gasteiger charge is -2.22. The average molecular weight is 429 g/mol. The minimum absolute atomic E-state index is 0.0462. The molecule has 0 spiro atoms. The lowest BCUT2D eigenvalue weighted by atomic mass is 9.92. The summed E-state index contributed by atoms with van der Waals surface area (Å²) in [5.74, 6) is -0.114. The van der Waals surface area contributed by atoms with Crippen LogP contribution < -0.4 is 0 Å². The third-order valence-electron chi connectivity index (χ3n) is 6.15. The Balaban J connectivity index is 2.21. The van der Waals surface area contributed by atoms with Crippen molar-refractivity contribution in [2.24, 2.45) is 11.8 Å². The van der Waals surface area contributed by atoms with E-state index in [4.69, 9.17) is 9.47 Å². The molecule has 0 aromatic heterocycles. The Bertz CT molecular complexity index is 730. The third kappa shape index (κ3) is 8.27. The Hall–Kier alpha value is -1.91. The van der Waals surface area contributed by atoms with Crippen LogP contribution in [-0.4, -0.2) is 35.5 Å². The number of ether oxygens (including phenoxy) is 2. The first kappa shape index (κ1) is 25.4. The van der Waals surface area contributed by atoms with E-state index in [0.29, 0.717) is 19.3 Å². The van der Waals surface area contributed by atoms with Crippen LogP contribution in [0.4, 0.5) is 0 Å². The second kappa shape index (κ2) is 12.2. The number of aliphatic hydroxyl groups excluding tert-OH is 1. The summed E-state index contributed by atoms with van der Waals surface area (Å²) in [6.45, 7) is 16.3. The molecule has 172 valence electrons. The highest BCUT2D eigenvalue weighted by molar-refractivity contribution is 5.72. The molecule has 2 heterocycles. The number of allylic oxidation sites excluding steroid dienone is 3. The summed E-state index contributed by atoms with van der Waals surface area (Å²) in [5, 5.41) is 10.4. The van der Waals surface area contributed by atoms with Crippen LogP contribution in [0.3, 0.4) is 0 Å². The number of esters is 1. The highest BCUT2D eigenvalue weighted by Crippen LogP contribution is 2.30. The van der Waals surface area contributed by atoms with E-state index in [1.807, 2.05) is 45.1 Å². The molecule has 2 bridgehead atoms. The van der Waals surface area contributed by atoms with Crippen molar-refractivity contribution < 1.29 is 19.4 Å². The summed E-state index contributed by atoms with van der Waals surface area (Å²) in [6.07, 6.45) is 13.2. The van der Waals surface area contributed by atoms with Crippen LogP contribution in [0, 0.1) is 11.8 Å². The lowest BCUT2D eigenvalue weighted by Crippen LogP contribution is -2.25. The van der Waals surface area contributed by atoms with E-state index in [1.165, 1.54) is 0 Å². The zero-order chi connectivity index (χ0) is 23.0. The fraction of sp³-hybridized carbons (Fsp3) is 0.593. The predicted molar refractivity (Wildman–Crippen MR) is 127 cm³/mol. The number of cyclic esters (lactones) is 1. The van der Waals surface area contributed by atoms with Gasteiger partial charge in [0.15, 0.2) is 0 Å². The molecular formula is C27H40O4. The molecule has 4 nitrogen and oxygen atoms in total. The molecule has 0 amide bonds. The maximum Gasteiger partial charge on any atom is 0.308 e. The summed E-state index contributed by atoms with van der Waals surface area (Å²) < 4.78 is 12.0. The largest absolute Gasteiger partial charge is 0.462 e. The van der Waals surface area contributed by atoms with Gasteiger partial charge in [-0.3, -0.25) is 4.79 Å². The van der Waals surface area contributed by atoms with Crippen LogP contribution >= 0.6 is 0 Å². The van der Waals surface area contributed by atoms with E-state index >= 15 is 0 Å². The molecule has 1 N–H and O–H groups in total. The molecular weight excluding hydrogens is 388 g/mol. The van der Waals surface area contributed by atoms with Gasteiger partial charge in [0, 0.05) is 19.3 Å². The van der Waals surface area contributed by atoms with E-state index in [-0.39, 0.29) is 36.1 Å². The molecule has 4 heteroatoms. The molecule has 2 aliphatic rings. The van der Waals surface area contributed by atoms with Crippen LogP contribution in [0.5, 0.6) is 0 Å². The molecule has 2 aliphatic heterocycles. The Kier molecular flexibility index (Phi) is 9.98. The second-order valence-electron chi connectivity index (χ2n) is 9.19. The smallest absolute Gasteiger partial charge is 0.308 e. The SMILES string of the molecule is C=C1C[C@H](O)/C=C/[C@H]2CC(=C)[C@@H](CC[C@@H](C/C=C/C)OC(=O)[C@H](C)C[C@@H](C)/C=C/1C)O2. The highest BCUT2D eigenvalue weighted by Gasteiger charge is 2.29. The summed E-state index contributed by atoms with van der Waals surface area (Å²) in [5.41, 5.74) is 3.02. The van der Waals surface area contributed by atoms with Crippen LogP contribution in [0.1, 0.15) is 66.2 Å². The molecule has 0 unspecified atom stereocenters. The Morgan fingerprint density at radius 2 is 1.94 bits per heavy atom. The Labute approximate surface area is 188 Å². The van der Waals surface area contributed by atoms with Gasteiger partial charge in [0.2, 0.25) is 0 Å². The van der Waals surface area contributed by atoms with Gasteiger partial charge >= 0.3 is 5.97 Å². The van der Waals surface area contributed by atoms with Crippen molar-refractivity contribution in [2.45, 2.75) is 90.6 Å². The van der Waals surface area contributed by atoms with Gasteiger partial charge in [0.1, 0.15) is 6.10 Å². The molecule has 0 saturated carbocycles. The maximum atomic E-state index is 12.8. The molecule has 1 saturated heterocycles. The van der Waals surface area contributed by atoms with Crippen molar-refractivity contribution in [1.29, 1.82) is 0 Å². The van der Waals surface area contributed by atoms with E-state index in [0.717, 1.165) is 36.0 Å². The molecule has 0 radical (unpaired) electrons. The molecule has 1 fully saturated rings. The molecule has 2 rings (SSSR count).